The van der Waals surface area contributed by atoms with E-state index in [9.17, 15) is 13.6 Å². The molecule has 2 fully saturated rings. The third-order valence-corrected chi connectivity index (χ3v) is 4.17. The number of hydrogen-bond acceptors (Lipinski definition) is 3. The van der Waals surface area contributed by atoms with Crippen LogP contribution in [-0.4, -0.2) is 48.2 Å². The van der Waals surface area contributed by atoms with Crippen molar-refractivity contribution in [1.82, 2.24) is 4.90 Å². The number of carboxylic acids is 1. The Hall–Kier alpha value is -1.69. The van der Waals surface area contributed by atoms with Gasteiger partial charge in [0, 0.05) is 25.7 Å². The summed E-state index contributed by atoms with van der Waals surface area (Å²) >= 11 is 0. The van der Waals surface area contributed by atoms with Gasteiger partial charge in [0.25, 0.3) is 0 Å². The van der Waals surface area contributed by atoms with Gasteiger partial charge in [-0.05, 0) is 31.5 Å². The maximum atomic E-state index is 14.0. The van der Waals surface area contributed by atoms with Crippen LogP contribution in [0.25, 0.3) is 0 Å². The molecule has 108 valence electrons. The zero-order valence-electron chi connectivity index (χ0n) is 11.0. The number of aromatic carboxylic acids is 1. The predicted octanol–water partition coefficient (Wildman–Crippen LogP) is 1.95. The van der Waals surface area contributed by atoms with Crippen LogP contribution in [-0.2, 0) is 0 Å². The molecule has 1 atom stereocenters. The van der Waals surface area contributed by atoms with Crippen LogP contribution in [0.3, 0.4) is 0 Å². The first-order chi connectivity index (χ1) is 9.56. The molecule has 0 spiro atoms. The zero-order chi connectivity index (χ0) is 14.3. The maximum absolute atomic E-state index is 14.0. The summed E-state index contributed by atoms with van der Waals surface area (Å²) < 4.78 is 28.1. The molecule has 2 aliphatic rings. The average molecular weight is 282 g/mol. The Kier molecular flexibility index (Phi) is 3.33. The predicted molar refractivity (Wildman–Crippen MR) is 70.1 cm³/mol. The fraction of sp³-hybridized carbons (Fsp3) is 0.500. The molecule has 1 aromatic carbocycles. The minimum Gasteiger partial charge on any atom is -0.478 e. The molecule has 3 rings (SSSR count). The summed E-state index contributed by atoms with van der Waals surface area (Å²) in [4.78, 5) is 14.8. The van der Waals surface area contributed by atoms with Crippen molar-refractivity contribution in [1.29, 1.82) is 0 Å². The summed E-state index contributed by atoms with van der Waals surface area (Å²) in [7, 11) is 0. The van der Waals surface area contributed by atoms with E-state index in [0.717, 1.165) is 38.1 Å². The summed E-state index contributed by atoms with van der Waals surface area (Å²) in [5.41, 5.74) is -0.454. The van der Waals surface area contributed by atoms with Crippen molar-refractivity contribution in [3.63, 3.8) is 0 Å². The van der Waals surface area contributed by atoms with Crippen molar-refractivity contribution in [2.45, 2.75) is 18.9 Å². The first kappa shape index (κ1) is 13.3. The largest absolute Gasteiger partial charge is 0.478 e. The molecule has 2 aliphatic heterocycles. The number of rotatable bonds is 2. The molecule has 6 heteroatoms. The molecule has 1 N–H and O–H groups in total. The monoisotopic (exact) mass is 282 g/mol. The lowest BCUT2D eigenvalue weighted by Crippen LogP contribution is -2.50. The number of fused-ring (bicyclic) bond motifs is 1. The Labute approximate surface area is 115 Å². The number of carboxylic acid groups (broad SMARTS) is 1. The quantitative estimate of drug-likeness (QED) is 0.900. The highest BCUT2D eigenvalue weighted by Crippen LogP contribution is 2.30. The Morgan fingerprint density at radius 1 is 1.20 bits per heavy atom. The summed E-state index contributed by atoms with van der Waals surface area (Å²) in [5, 5.41) is 8.80. The van der Waals surface area contributed by atoms with Gasteiger partial charge in [0.2, 0.25) is 0 Å². The number of hydrogen-bond donors (Lipinski definition) is 1. The standard InChI is InChI=1S/C14H16F2N2O2/c15-11-6-9(14(19)20)7-12(16)13(11)18-5-4-17-3-1-2-10(17)8-18/h6-7,10H,1-5,8H2,(H,19,20). The van der Waals surface area contributed by atoms with Crippen LogP contribution in [0.15, 0.2) is 12.1 Å². The molecule has 20 heavy (non-hydrogen) atoms. The molecule has 1 aromatic rings. The second-order valence-electron chi connectivity index (χ2n) is 5.37. The molecule has 4 nitrogen and oxygen atoms in total. The van der Waals surface area contributed by atoms with Crippen LogP contribution in [0, 0.1) is 11.6 Å². The van der Waals surface area contributed by atoms with Gasteiger partial charge >= 0.3 is 5.97 Å². The second-order valence-corrected chi connectivity index (χ2v) is 5.37. The summed E-state index contributed by atoms with van der Waals surface area (Å²) in [6.45, 7) is 3.02. The summed E-state index contributed by atoms with van der Waals surface area (Å²) in [6, 6.07) is 2.13. The van der Waals surface area contributed by atoms with Crippen LogP contribution in [0.1, 0.15) is 23.2 Å². The van der Waals surface area contributed by atoms with Crippen molar-refractivity contribution < 1.29 is 18.7 Å². The minimum absolute atomic E-state index is 0.0958. The van der Waals surface area contributed by atoms with E-state index in [2.05, 4.69) is 4.90 Å². The van der Waals surface area contributed by atoms with Gasteiger partial charge in [-0.2, -0.15) is 0 Å². The van der Waals surface area contributed by atoms with Gasteiger partial charge in [-0.3, -0.25) is 4.90 Å². The highest BCUT2D eigenvalue weighted by Gasteiger charge is 2.32. The van der Waals surface area contributed by atoms with Crippen molar-refractivity contribution in [3.8, 4) is 0 Å². The van der Waals surface area contributed by atoms with E-state index in [1.54, 1.807) is 4.90 Å². The zero-order valence-corrected chi connectivity index (χ0v) is 11.0. The molecule has 2 saturated heterocycles. The van der Waals surface area contributed by atoms with Crippen molar-refractivity contribution in [2.24, 2.45) is 0 Å². The van der Waals surface area contributed by atoms with E-state index in [4.69, 9.17) is 5.11 Å². The van der Waals surface area contributed by atoms with Gasteiger partial charge in [0.05, 0.1) is 5.56 Å². The van der Waals surface area contributed by atoms with Crippen LogP contribution in [0.2, 0.25) is 0 Å². The number of anilines is 1. The van der Waals surface area contributed by atoms with Gasteiger partial charge in [0.1, 0.15) is 17.3 Å². The highest BCUT2D eigenvalue weighted by atomic mass is 19.1. The van der Waals surface area contributed by atoms with Gasteiger partial charge in [-0.1, -0.05) is 0 Å². The molecule has 0 saturated carbocycles. The summed E-state index contributed by atoms with van der Waals surface area (Å²) in [5.74, 6) is -2.92. The average Bonchev–Trinajstić information content (AvgIpc) is 2.85. The van der Waals surface area contributed by atoms with Crippen LogP contribution in [0.5, 0.6) is 0 Å². The van der Waals surface area contributed by atoms with E-state index >= 15 is 0 Å². The van der Waals surface area contributed by atoms with Gasteiger partial charge in [0.15, 0.2) is 0 Å². The third-order valence-electron chi connectivity index (χ3n) is 4.17. The van der Waals surface area contributed by atoms with Crippen molar-refractivity contribution >= 4 is 11.7 Å². The van der Waals surface area contributed by atoms with Gasteiger partial charge in [-0.25, -0.2) is 13.6 Å². The Bertz CT molecular complexity index is 527. The van der Waals surface area contributed by atoms with Crippen LogP contribution in [0.4, 0.5) is 14.5 Å². The maximum Gasteiger partial charge on any atom is 0.335 e. The van der Waals surface area contributed by atoms with E-state index < -0.39 is 17.6 Å². The lowest BCUT2D eigenvalue weighted by Gasteiger charge is -2.39. The van der Waals surface area contributed by atoms with Gasteiger partial charge in [-0.15, -0.1) is 0 Å². The van der Waals surface area contributed by atoms with Crippen molar-refractivity contribution in [3.05, 3.63) is 29.3 Å². The molecule has 2 heterocycles. The second kappa shape index (κ2) is 5.01. The van der Waals surface area contributed by atoms with E-state index in [1.165, 1.54) is 0 Å². The fourth-order valence-electron chi connectivity index (χ4n) is 3.19. The fourth-order valence-corrected chi connectivity index (χ4v) is 3.19. The molecule has 0 bridgehead atoms. The number of piperazine rings is 1. The lowest BCUT2D eigenvalue weighted by molar-refractivity contribution is 0.0695. The smallest absolute Gasteiger partial charge is 0.335 e. The molecule has 0 aliphatic carbocycles. The first-order valence-electron chi connectivity index (χ1n) is 6.77. The van der Waals surface area contributed by atoms with Crippen LogP contribution >= 0.6 is 0 Å². The van der Waals surface area contributed by atoms with Gasteiger partial charge < -0.3 is 10.0 Å². The minimum atomic E-state index is -1.32. The van der Waals surface area contributed by atoms with E-state index in [1.807, 2.05) is 0 Å². The number of nitrogens with zero attached hydrogens (tertiary/aromatic N) is 2. The lowest BCUT2D eigenvalue weighted by atomic mass is 10.1. The van der Waals surface area contributed by atoms with E-state index in [0.29, 0.717) is 19.1 Å². The summed E-state index contributed by atoms with van der Waals surface area (Å²) in [6.07, 6.45) is 2.17. The molecule has 0 amide bonds. The number of halogens is 2. The normalized spacial score (nSPS) is 22.9. The molecular weight excluding hydrogens is 266 g/mol. The SMILES string of the molecule is O=C(O)c1cc(F)c(N2CCN3CCCC3C2)c(F)c1. The first-order valence-corrected chi connectivity index (χ1v) is 6.77. The number of carbonyl (C=O) groups is 1. The topological polar surface area (TPSA) is 43.8 Å². The third kappa shape index (κ3) is 2.24. The molecular formula is C14H16F2N2O2. The molecule has 1 unspecified atom stereocenters. The van der Waals surface area contributed by atoms with Crippen LogP contribution < -0.4 is 4.90 Å². The molecule has 0 radical (unpaired) electrons. The van der Waals surface area contributed by atoms with E-state index in [-0.39, 0.29) is 11.3 Å². The highest BCUT2D eigenvalue weighted by molar-refractivity contribution is 5.88. The Balaban J connectivity index is 1.88. The Morgan fingerprint density at radius 3 is 2.55 bits per heavy atom. The van der Waals surface area contributed by atoms with Crippen molar-refractivity contribution in [2.75, 3.05) is 31.1 Å². The molecule has 0 aromatic heterocycles. The number of benzene rings is 1. The Morgan fingerprint density at radius 2 is 1.90 bits per heavy atom.